The van der Waals surface area contributed by atoms with E-state index in [2.05, 4.69) is 15.6 Å². The van der Waals surface area contributed by atoms with Crippen LogP contribution >= 0.6 is 0 Å². The lowest BCUT2D eigenvalue weighted by atomic mass is 10.3. The molecule has 2 N–H and O–H groups in total. The second-order valence-electron chi connectivity index (χ2n) is 5.87. The molecule has 6 heteroatoms. The Hall–Kier alpha value is -2.47. The van der Waals surface area contributed by atoms with Crippen molar-refractivity contribution in [3.63, 3.8) is 0 Å². The average molecular weight is 359 g/mol. The zero-order chi connectivity index (χ0) is 18.5. The molecular formula is C20H29N3O3. The van der Waals surface area contributed by atoms with Gasteiger partial charge in [-0.3, -0.25) is 0 Å². The summed E-state index contributed by atoms with van der Waals surface area (Å²) in [6.07, 6.45) is 2.55. The van der Waals surface area contributed by atoms with Gasteiger partial charge in [0.1, 0.15) is 24.2 Å². The van der Waals surface area contributed by atoms with Crippen LogP contribution in [-0.2, 0) is 11.3 Å². The van der Waals surface area contributed by atoms with Gasteiger partial charge in [0.15, 0.2) is 5.96 Å². The fourth-order valence-corrected chi connectivity index (χ4v) is 2.28. The highest BCUT2D eigenvalue weighted by molar-refractivity contribution is 5.79. The zero-order valence-electron chi connectivity index (χ0n) is 15.6. The van der Waals surface area contributed by atoms with Crippen molar-refractivity contribution in [2.45, 2.75) is 33.0 Å². The molecule has 0 radical (unpaired) electrons. The van der Waals surface area contributed by atoms with Crippen molar-refractivity contribution in [3.8, 4) is 5.75 Å². The van der Waals surface area contributed by atoms with E-state index in [9.17, 15) is 0 Å². The Morgan fingerprint density at radius 3 is 2.73 bits per heavy atom. The van der Waals surface area contributed by atoms with Gasteiger partial charge in [-0.2, -0.15) is 0 Å². The Bertz CT molecular complexity index is 614. The predicted octanol–water partition coefficient (Wildman–Crippen LogP) is 3.21. The summed E-state index contributed by atoms with van der Waals surface area (Å²) in [5.41, 5.74) is 0. The monoisotopic (exact) mass is 359 g/mol. The molecule has 2 rings (SSSR count). The number of guanidine groups is 1. The number of hydrogen-bond donors (Lipinski definition) is 2. The first-order chi connectivity index (χ1) is 12.8. The summed E-state index contributed by atoms with van der Waals surface area (Å²) in [7, 11) is 0. The van der Waals surface area contributed by atoms with E-state index in [1.165, 1.54) is 0 Å². The molecule has 26 heavy (non-hydrogen) atoms. The summed E-state index contributed by atoms with van der Waals surface area (Å²) in [6.45, 7) is 7.43. The number of rotatable bonds is 11. The maximum Gasteiger partial charge on any atom is 0.191 e. The van der Waals surface area contributed by atoms with E-state index < -0.39 is 0 Å². The molecule has 0 amide bonds. The highest BCUT2D eigenvalue weighted by atomic mass is 16.5. The van der Waals surface area contributed by atoms with Crippen LogP contribution in [-0.4, -0.2) is 38.3 Å². The maximum absolute atomic E-state index is 5.84. The summed E-state index contributed by atoms with van der Waals surface area (Å²) in [5.74, 6) is 2.50. The molecule has 1 heterocycles. The van der Waals surface area contributed by atoms with Gasteiger partial charge in [-0.1, -0.05) is 18.2 Å². The van der Waals surface area contributed by atoms with Gasteiger partial charge >= 0.3 is 0 Å². The van der Waals surface area contributed by atoms with Crippen LogP contribution in [0, 0.1) is 0 Å². The summed E-state index contributed by atoms with van der Waals surface area (Å²) >= 11 is 0. The summed E-state index contributed by atoms with van der Waals surface area (Å²) < 4.78 is 16.6. The number of nitrogens with zero attached hydrogens (tertiary/aromatic N) is 1. The molecule has 6 nitrogen and oxygen atoms in total. The Balaban J connectivity index is 1.63. The highest BCUT2D eigenvalue weighted by Gasteiger charge is 2.04. The number of benzene rings is 1. The number of aliphatic imine (C=N–C) groups is 1. The molecule has 0 aliphatic heterocycles. The lowest BCUT2D eigenvalue weighted by Crippen LogP contribution is -2.38. The van der Waals surface area contributed by atoms with Crippen LogP contribution in [0.1, 0.15) is 26.0 Å². The standard InChI is InChI=1S/C20H29N3O3/c1-3-21-20(22-12-8-13-24-16-19-11-7-14-25-19)23-15-17(2)26-18-9-5-4-6-10-18/h4-7,9-11,14,17H,3,8,12-13,15-16H2,1-2H3,(H2,21,22,23). The largest absolute Gasteiger partial charge is 0.489 e. The van der Waals surface area contributed by atoms with Gasteiger partial charge in [0.05, 0.1) is 12.8 Å². The highest BCUT2D eigenvalue weighted by Crippen LogP contribution is 2.10. The second kappa shape index (κ2) is 12.0. The number of furan rings is 1. The molecule has 1 atom stereocenters. The zero-order valence-corrected chi connectivity index (χ0v) is 15.6. The first kappa shape index (κ1) is 19.8. The van der Waals surface area contributed by atoms with Crippen molar-refractivity contribution < 1.29 is 13.9 Å². The molecule has 0 saturated heterocycles. The van der Waals surface area contributed by atoms with Gasteiger partial charge in [-0.25, -0.2) is 4.99 Å². The van der Waals surface area contributed by atoms with Crippen LogP contribution in [0.15, 0.2) is 58.1 Å². The smallest absolute Gasteiger partial charge is 0.191 e. The molecule has 1 aromatic carbocycles. The molecule has 0 fully saturated rings. The van der Waals surface area contributed by atoms with Crippen molar-refractivity contribution in [1.29, 1.82) is 0 Å². The Kier molecular flexibility index (Phi) is 9.14. The molecule has 0 aliphatic carbocycles. The lowest BCUT2D eigenvalue weighted by molar-refractivity contribution is 0.105. The summed E-state index contributed by atoms with van der Waals surface area (Å²) in [4.78, 5) is 4.58. The van der Waals surface area contributed by atoms with Gasteiger partial charge < -0.3 is 24.5 Å². The van der Waals surface area contributed by atoms with Crippen LogP contribution in [0.3, 0.4) is 0 Å². The fraction of sp³-hybridized carbons (Fsp3) is 0.450. The predicted molar refractivity (Wildman–Crippen MR) is 103 cm³/mol. The quantitative estimate of drug-likeness (QED) is 0.366. The minimum absolute atomic E-state index is 0.00415. The summed E-state index contributed by atoms with van der Waals surface area (Å²) in [5, 5.41) is 6.56. The first-order valence-corrected chi connectivity index (χ1v) is 9.12. The average Bonchev–Trinajstić information content (AvgIpc) is 3.16. The van der Waals surface area contributed by atoms with Gasteiger partial charge in [-0.15, -0.1) is 0 Å². The normalized spacial score (nSPS) is 12.6. The summed E-state index contributed by atoms with van der Waals surface area (Å²) in [6, 6.07) is 13.6. The molecule has 2 aromatic rings. The van der Waals surface area contributed by atoms with E-state index >= 15 is 0 Å². The topological polar surface area (TPSA) is 68.0 Å². The minimum Gasteiger partial charge on any atom is -0.489 e. The fourth-order valence-electron chi connectivity index (χ4n) is 2.28. The third kappa shape index (κ3) is 8.07. The van der Waals surface area contributed by atoms with Gasteiger partial charge in [0, 0.05) is 19.7 Å². The van der Waals surface area contributed by atoms with E-state index in [0.717, 1.165) is 37.0 Å². The Morgan fingerprint density at radius 2 is 2.00 bits per heavy atom. The lowest BCUT2D eigenvalue weighted by Gasteiger charge is -2.15. The molecule has 142 valence electrons. The van der Waals surface area contributed by atoms with Crippen LogP contribution in [0.5, 0.6) is 5.75 Å². The molecular weight excluding hydrogens is 330 g/mol. The van der Waals surface area contributed by atoms with Crippen molar-refractivity contribution >= 4 is 5.96 Å². The van der Waals surface area contributed by atoms with Crippen molar-refractivity contribution in [3.05, 3.63) is 54.5 Å². The van der Waals surface area contributed by atoms with Crippen molar-refractivity contribution in [2.75, 3.05) is 26.2 Å². The molecule has 0 bridgehead atoms. The van der Waals surface area contributed by atoms with Gasteiger partial charge in [0.25, 0.3) is 0 Å². The van der Waals surface area contributed by atoms with E-state index in [0.29, 0.717) is 19.8 Å². The van der Waals surface area contributed by atoms with Crippen LogP contribution < -0.4 is 15.4 Å². The van der Waals surface area contributed by atoms with E-state index in [1.54, 1.807) is 6.26 Å². The number of para-hydroxylation sites is 1. The molecule has 0 aliphatic rings. The van der Waals surface area contributed by atoms with E-state index in [1.807, 2.05) is 56.3 Å². The SMILES string of the molecule is CCNC(=NCC(C)Oc1ccccc1)NCCCOCc1ccco1. The van der Waals surface area contributed by atoms with Crippen LogP contribution in [0.25, 0.3) is 0 Å². The van der Waals surface area contributed by atoms with Crippen molar-refractivity contribution in [1.82, 2.24) is 10.6 Å². The number of nitrogens with one attached hydrogen (secondary N) is 2. The Morgan fingerprint density at radius 1 is 1.15 bits per heavy atom. The molecule has 0 saturated carbocycles. The van der Waals surface area contributed by atoms with Crippen LogP contribution in [0.2, 0.25) is 0 Å². The van der Waals surface area contributed by atoms with Gasteiger partial charge in [-0.05, 0) is 44.5 Å². The number of hydrogen-bond acceptors (Lipinski definition) is 4. The third-order valence-corrected chi connectivity index (χ3v) is 3.51. The third-order valence-electron chi connectivity index (χ3n) is 3.51. The molecule has 0 spiro atoms. The number of ether oxygens (including phenoxy) is 2. The molecule has 1 unspecified atom stereocenters. The van der Waals surface area contributed by atoms with Gasteiger partial charge in [0.2, 0.25) is 0 Å². The van der Waals surface area contributed by atoms with E-state index in [-0.39, 0.29) is 6.10 Å². The second-order valence-corrected chi connectivity index (χ2v) is 5.87. The van der Waals surface area contributed by atoms with Crippen LogP contribution in [0.4, 0.5) is 0 Å². The maximum atomic E-state index is 5.84. The minimum atomic E-state index is 0.00415. The Labute approximate surface area is 155 Å². The van der Waals surface area contributed by atoms with E-state index in [4.69, 9.17) is 13.9 Å². The molecule has 1 aromatic heterocycles. The first-order valence-electron chi connectivity index (χ1n) is 9.12. The van der Waals surface area contributed by atoms with Crippen molar-refractivity contribution in [2.24, 2.45) is 4.99 Å².